The molecule has 0 heterocycles. The zero-order valence-electron chi connectivity index (χ0n) is 10.6. The van der Waals surface area contributed by atoms with Crippen molar-refractivity contribution in [1.82, 2.24) is 5.32 Å². The number of alkyl halides is 1. The molecule has 0 bridgehead atoms. The average Bonchev–Trinajstić information content (AvgIpc) is 2.47. The van der Waals surface area contributed by atoms with Crippen LogP contribution in [-0.2, 0) is 11.9 Å². The molecule has 104 valence electrons. The number of amides is 1. The molecule has 2 rings (SSSR count). The molecule has 0 aliphatic heterocycles. The fraction of sp³-hybridized carbons (Fsp3) is 0.133. The van der Waals surface area contributed by atoms with Gasteiger partial charge in [0, 0.05) is 15.4 Å². The Labute approximate surface area is 139 Å². The molecular weight excluding hydrogens is 433 g/mol. The summed E-state index contributed by atoms with van der Waals surface area (Å²) in [6.45, 7) is 0.435. The van der Waals surface area contributed by atoms with Gasteiger partial charge in [-0.3, -0.25) is 4.79 Å². The van der Waals surface area contributed by atoms with Gasteiger partial charge in [0.15, 0.2) is 0 Å². The minimum absolute atomic E-state index is 0.00266. The van der Waals surface area contributed by atoms with Gasteiger partial charge in [0.25, 0.3) is 5.91 Å². The smallest absolute Gasteiger partial charge is 0.255 e. The molecule has 2 aromatic rings. The maximum Gasteiger partial charge on any atom is 0.255 e. The number of hydrogen-bond acceptors (Lipinski definition) is 2. The van der Waals surface area contributed by atoms with Gasteiger partial charge in [0.1, 0.15) is 5.75 Å². The standard InChI is InChI=1S/C15H13BrINO2/c16-8-10-2-1-3-11(6-10)9-18-15(20)13-7-12(17)4-5-14(13)19/h1-7,19H,8-9H2,(H,18,20). The summed E-state index contributed by atoms with van der Waals surface area (Å²) in [6, 6.07) is 12.9. The van der Waals surface area contributed by atoms with E-state index in [1.807, 2.05) is 24.3 Å². The van der Waals surface area contributed by atoms with Crippen LogP contribution in [0, 0.1) is 3.57 Å². The molecule has 0 aliphatic carbocycles. The van der Waals surface area contributed by atoms with Crippen LogP contribution < -0.4 is 5.32 Å². The van der Waals surface area contributed by atoms with Crippen molar-refractivity contribution >= 4 is 44.4 Å². The van der Waals surface area contributed by atoms with E-state index in [4.69, 9.17) is 0 Å². The molecule has 20 heavy (non-hydrogen) atoms. The summed E-state index contributed by atoms with van der Waals surface area (Å²) in [7, 11) is 0. The predicted octanol–water partition coefficient (Wildman–Crippen LogP) is 3.82. The van der Waals surface area contributed by atoms with Crippen molar-refractivity contribution in [2.24, 2.45) is 0 Å². The summed E-state index contributed by atoms with van der Waals surface area (Å²) in [4.78, 5) is 12.1. The van der Waals surface area contributed by atoms with Crippen LogP contribution in [0.3, 0.4) is 0 Å². The van der Waals surface area contributed by atoms with Gasteiger partial charge < -0.3 is 10.4 Å². The van der Waals surface area contributed by atoms with Crippen LogP contribution in [0.25, 0.3) is 0 Å². The van der Waals surface area contributed by atoms with Gasteiger partial charge in [-0.05, 0) is 51.9 Å². The van der Waals surface area contributed by atoms with E-state index < -0.39 is 0 Å². The summed E-state index contributed by atoms with van der Waals surface area (Å²) in [5.74, 6) is -0.276. The van der Waals surface area contributed by atoms with Crippen molar-refractivity contribution in [3.8, 4) is 5.75 Å². The first-order valence-corrected chi connectivity index (χ1v) is 8.20. The van der Waals surface area contributed by atoms with E-state index in [-0.39, 0.29) is 11.7 Å². The van der Waals surface area contributed by atoms with Crippen LogP contribution >= 0.6 is 38.5 Å². The van der Waals surface area contributed by atoms with Crippen LogP contribution in [0.5, 0.6) is 5.75 Å². The number of hydrogen-bond donors (Lipinski definition) is 2. The highest BCUT2D eigenvalue weighted by molar-refractivity contribution is 14.1. The molecule has 0 radical (unpaired) electrons. The second-order valence-corrected chi connectivity index (χ2v) is 6.10. The zero-order chi connectivity index (χ0) is 14.5. The van der Waals surface area contributed by atoms with E-state index in [9.17, 15) is 9.90 Å². The second kappa shape index (κ2) is 7.08. The number of nitrogens with one attached hydrogen (secondary N) is 1. The lowest BCUT2D eigenvalue weighted by atomic mass is 10.1. The lowest BCUT2D eigenvalue weighted by Gasteiger charge is -2.08. The number of phenols is 1. The molecule has 0 saturated carbocycles. The van der Waals surface area contributed by atoms with E-state index in [2.05, 4.69) is 43.8 Å². The van der Waals surface area contributed by atoms with Gasteiger partial charge in [-0.15, -0.1) is 0 Å². The summed E-state index contributed by atoms with van der Waals surface area (Å²) in [5, 5.41) is 13.3. The van der Waals surface area contributed by atoms with Crippen LogP contribution in [-0.4, -0.2) is 11.0 Å². The van der Waals surface area contributed by atoms with Crippen molar-refractivity contribution in [1.29, 1.82) is 0 Å². The SMILES string of the molecule is O=C(NCc1cccc(CBr)c1)c1cc(I)ccc1O. The van der Waals surface area contributed by atoms with Crippen LogP contribution in [0.2, 0.25) is 0 Å². The third-order valence-corrected chi connectivity index (χ3v) is 4.12. The molecule has 0 atom stereocenters. The third kappa shape index (κ3) is 3.96. The number of benzene rings is 2. The lowest BCUT2D eigenvalue weighted by Crippen LogP contribution is -2.23. The Balaban J connectivity index is 2.06. The fourth-order valence-electron chi connectivity index (χ4n) is 1.79. The number of halogens is 2. The van der Waals surface area contributed by atoms with Crippen molar-refractivity contribution in [2.75, 3.05) is 0 Å². The van der Waals surface area contributed by atoms with Gasteiger partial charge in [0.2, 0.25) is 0 Å². The molecule has 2 aromatic carbocycles. The molecule has 0 spiro atoms. The van der Waals surface area contributed by atoms with E-state index in [1.54, 1.807) is 12.1 Å². The number of rotatable bonds is 4. The first-order chi connectivity index (χ1) is 9.60. The van der Waals surface area contributed by atoms with Crippen molar-refractivity contribution in [2.45, 2.75) is 11.9 Å². The number of carbonyl (C=O) groups is 1. The zero-order valence-corrected chi connectivity index (χ0v) is 14.3. The van der Waals surface area contributed by atoms with Gasteiger partial charge in [-0.2, -0.15) is 0 Å². The Morgan fingerprint density at radius 1 is 1.20 bits per heavy atom. The Morgan fingerprint density at radius 2 is 1.95 bits per heavy atom. The first kappa shape index (κ1) is 15.3. The Kier molecular flexibility index (Phi) is 5.42. The maximum atomic E-state index is 12.1. The molecule has 0 aromatic heterocycles. The molecule has 0 fully saturated rings. The topological polar surface area (TPSA) is 49.3 Å². The Hall–Kier alpha value is -1.08. The highest BCUT2D eigenvalue weighted by Crippen LogP contribution is 2.19. The highest BCUT2D eigenvalue weighted by Gasteiger charge is 2.11. The van der Waals surface area contributed by atoms with Crippen molar-refractivity contribution < 1.29 is 9.90 Å². The predicted molar refractivity (Wildman–Crippen MR) is 91.1 cm³/mol. The molecule has 2 N–H and O–H groups in total. The first-order valence-electron chi connectivity index (χ1n) is 6.00. The van der Waals surface area contributed by atoms with Gasteiger partial charge in [-0.25, -0.2) is 0 Å². The van der Waals surface area contributed by atoms with Gasteiger partial charge in [0.05, 0.1) is 5.56 Å². The Morgan fingerprint density at radius 3 is 2.70 bits per heavy atom. The minimum Gasteiger partial charge on any atom is -0.507 e. The van der Waals surface area contributed by atoms with Gasteiger partial charge in [-0.1, -0.05) is 40.2 Å². The molecule has 3 nitrogen and oxygen atoms in total. The number of aromatic hydroxyl groups is 1. The fourth-order valence-corrected chi connectivity index (χ4v) is 2.63. The maximum absolute atomic E-state index is 12.1. The molecule has 0 saturated heterocycles. The van der Waals surface area contributed by atoms with E-state index in [0.717, 1.165) is 20.0 Å². The van der Waals surface area contributed by atoms with Crippen LogP contribution in [0.15, 0.2) is 42.5 Å². The van der Waals surface area contributed by atoms with Crippen LogP contribution in [0.1, 0.15) is 21.5 Å². The third-order valence-electron chi connectivity index (χ3n) is 2.80. The molecule has 0 unspecified atom stereocenters. The van der Waals surface area contributed by atoms with Crippen LogP contribution in [0.4, 0.5) is 0 Å². The Bertz CT molecular complexity index is 631. The lowest BCUT2D eigenvalue weighted by molar-refractivity contribution is 0.0948. The molecule has 5 heteroatoms. The van der Waals surface area contributed by atoms with E-state index in [0.29, 0.717) is 12.1 Å². The summed E-state index contributed by atoms with van der Waals surface area (Å²) >= 11 is 5.51. The largest absolute Gasteiger partial charge is 0.507 e. The number of carbonyl (C=O) groups excluding carboxylic acids is 1. The summed E-state index contributed by atoms with van der Waals surface area (Å²) < 4.78 is 0.909. The average molecular weight is 446 g/mol. The second-order valence-electron chi connectivity index (χ2n) is 4.30. The number of phenolic OH excluding ortho intramolecular Hbond substituents is 1. The summed E-state index contributed by atoms with van der Waals surface area (Å²) in [6.07, 6.45) is 0. The molecule has 1 amide bonds. The molecule has 0 aliphatic rings. The molecular formula is C15H13BrINO2. The van der Waals surface area contributed by atoms with Crippen molar-refractivity contribution in [3.63, 3.8) is 0 Å². The van der Waals surface area contributed by atoms with Gasteiger partial charge >= 0.3 is 0 Å². The van der Waals surface area contributed by atoms with E-state index in [1.165, 1.54) is 6.07 Å². The summed E-state index contributed by atoms with van der Waals surface area (Å²) in [5.41, 5.74) is 2.49. The highest BCUT2D eigenvalue weighted by atomic mass is 127. The van der Waals surface area contributed by atoms with Crippen molar-refractivity contribution in [3.05, 3.63) is 62.7 Å². The van der Waals surface area contributed by atoms with E-state index >= 15 is 0 Å². The monoisotopic (exact) mass is 445 g/mol. The quantitative estimate of drug-likeness (QED) is 0.555. The normalized spacial score (nSPS) is 10.3. The minimum atomic E-state index is -0.273.